The predicted octanol–water partition coefficient (Wildman–Crippen LogP) is 1.73. The molecular weight excluding hydrogens is 193 g/mol. The summed E-state index contributed by atoms with van der Waals surface area (Å²) in [4.78, 5) is 0. The molecule has 0 heterocycles. The first-order valence-electron chi connectivity index (χ1n) is 3.74. The second kappa shape index (κ2) is 3.25. The zero-order valence-electron chi connectivity index (χ0n) is 7.23. The molecule has 0 aromatic heterocycles. The zero-order valence-corrected chi connectivity index (χ0v) is 7.23. The Kier molecular flexibility index (Phi) is 2.42. The van der Waals surface area contributed by atoms with Crippen LogP contribution in [0, 0.1) is 0 Å². The van der Waals surface area contributed by atoms with Crippen LogP contribution < -0.4 is 11.5 Å². The van der Waals surface area contributed by atoms with Crippen LogP contribution in [0.15, 0.2) is 47.3 Å². The Balaban J connectivity index is 3.25. The summed E-state index contributed by atoms with van der Waals surface area (Å²) in [6.45, 7) is 3.28. The molecule has 0 unspecified atom stereocenters. The minimum Gasteiger partial charge on any atom is -0.397 e. The number of alkyl halides is 3. The molecule has 1 rings (SSSR count). The van der Waals surface area contributed by atoms with Crippen LogP contribution >= 0.6 is 0 Å². The van der Waals surface area contributed by atoms with E-state index in [2.05, 4.69) is 6.58 Å². The van der Waals surface area contributed by atoms with Crippen LogP contribution in [0.2, 0.25) is 0 Å². The van der Waals surface area contributed by atoms with E-state index in [-0.39, 0.29) is 17.0 Å². The van der Waals surface area contributed by atoms with Gasteiger partial charge in [-0.1, -0.05) is 12.7 Å². The van der Waals surface area contributed by atoms with Gasteiger partial charge >= 0.3 is 6.18 Å². The first kappa shape index (κ1) is 10.4. The van der Waals surface area contributed by atoms with Crippen molar-refractivity contribution >= 4 is 0 Å². The first-order valence-corrected chi connectivity index (χ1v) is 3.74. The molecule has 0 aromatic rings. The van der Waals surface area contributed by atoms with Gasteiger partial charge in [0.1, 0.15) is 0 Å². The standard InChI is InChI=1S/C9H9F3N2/c1-5-2-3-7(13)8(14)4-6(5)9(10,11)12/h2-4H,1,13-14H2. The SMILES string of the molecule is C=C1C=CC(N)=C(N)C=C1C(F)(F)F. The summed E-state index contributed by atoms with van der Waals surface area (Å²) in [7, 11) is 0. The number of halogens is 3. The number of nitrogens with two attached hydrogens (primary N) is 2. The number of allylic oxidation sites excluding steroid dienone is 5. The molecule has 0 aliphatic heterocycles. The fourth-order valence-corrected chi connectivity index (χ4v) is 0.972. The normalized spacial score (nSPS) is 18.2. The van der Waals surface area contributed by atoms with Crippen LogP contribution in [0.4, 0.5) is 13.2 Å². The third kappa shape index (κ3) is 1.99. The van der Waals surface area contributed by atoms with Gasteiger partial charge < -0.3 is 11.5 Å². The van der Waals surface area contributed by atoms with Gasteiger partial charge in [-0.25, -0.2) is 0 Å². The van der Waals surface area contributed by atoms with Gasteiger partial charge in [-0.15, -0.1) is 0 Å². The van der Waals surface area contributed by atoms with Crippen molar-refractivity contribution in [2.75, 3.05) is 0 Å². The maximum absolute atomic E-state index is 12.4. The van der Waals surface area contributed by atoms with E-state index in [0.717, 1.165) is 6.08 Å². The van der Waals surface area contributed by atoms with Crippen LogP contribution in [0.5, 0.6) is 0 Å². The number of rotatable bonds is 0. The molecule has 0 saturated heterocycles. The fourth-order valence-electron chi connectivity index (χ4n) is 0.972. The van der Waals surface area contributed by atoms with Crippen molar-refractivity contribution < 1.29 is 13.2 Å². The Bertz CT molecular complexity index is 359. The summed E-state index contributed by atoms with van der Waals surface area (Å²) in [5.41, 5.74) is 9.65. The lowest BCUT2D eigenvalue weighted by molar-refractivity contribution is -0.0889. The maximum Gasteiger partial charge on any atom is 0.417 e. The Morgan fingerprint density at radius 2 is 1.64 bits per heavy atom. The zero-order chi connectivity index (χ0) is 10.9. The molecule has 0 bridgehead atoms. The topological polar surface area (TPSA) is 52.0 Å². The summed E-state index contributed by atoms with van der Waals surface area (Å²) < 4.78 is 37.2. The fraction of sp³-hybridized carbons (Fsp3) is 0.111. The van der Waals surface area contributed by atoms with Crippen molar-refractivity contribution in [3.05, 3.63) is 47.3 Å². The smallest absolute Gasteiger partial charge is 0.397 e. The third-order valence-electron chi connectivity index (χ3n) is 1.75. The molecule has 76 valence electrons. The molecule has 1 aliphatic carbocycles. The van der Waals surface area contributed by atoms with Gasteiger partial charge in [-0.3, -0.25) is 0 Å². The van der Waals surface area contributed by atoms with Crippen LogP contribution in [-0.4, -0.2) is 6.18 Å². The van der Waals surface area contributed by atoms with Crippen LogP contribution in [0.3, 0.4) is 0 Å². The Morgan fingerprint density at radius 1 is 1.07 bits per heavy atom. The monoisotopic (exact) mass is 202 g/mol. The van der Waals surface area contributed by atoms with Gasteiger partial charge in [0.2, 0.25) is 0 Å². The van der Waals surface area contributed by atoms with Crippen LogP contribution in [0.25, 0.3) is 0 Å². The van der Waals surface area contributed by atoms with Crippen LogP contribution in [0.1, 0.15) is 0 Å². The van der Waals surface area contributed by atoms with Crippen molar-refractivity contribution in [2.45, 2.75) is 6.18 Å². The third-order valence-corrected chi connectivity index (χ3v) is 1.75. The lowest BCUT2D eigenvalue weighted by atomic mass is 10.1. The molecule has 0 saturated carbocycles. The number of hydrogen-bond acceptors (Lipinski definition) is 2. The van der Waals surface area contributed by atoms with E-state index >= 15 is 0 Å². The van der Waals surface area contributed by atoms with E-state index in [4.69, 9.17) is 11.5 Å². The maximum atomic E-state index is 12.4. The Morgan fingerprint density at radius 3 is 2.14 bits per heavy atom. The van der Waals surface area contributed by atoms with Crippen molar-refractivity contribution in [1.29, 1.82) is 0 Å². The van der Waals surface area contributed by atoms with Gasteiger partial charge in [0.15, 0.2) is 0 Å². The molecule has 14 heavy (non-hydrogen) atoms. The second-order valence-corrected chi connectivity index (χ2v) is 2.83. The van der Waals surface area contributed by atoms with Crippen LogP contribution in [-0.2, 0) is 0 Å². The summed E-state index contributed by atoms with van der Waals surface area (Å²) in [6.07, 6.45) is -1.18. The van der Waals surface area contributed by atoms with E-state index < -0.39 is 11.7 Å². The Labute approximate surface area is 79.1 Å². The quantitative estimate of drug-likeness (QED) is 0.628. The van der Waals surface area contributed by atoms with Crippen molar-refractivity contribution in [3.8, 4) is 0 Å². The highest BCUT2D eigenvalue weighted by Gasteiger charge is 2.35. The highest BCUT2D eigenvalue weighted by molar-refractivity contribution is 5.50. The first-order chi connectivity index (χ1) is 6.32. The second-order valence-electron chi connectivity index (χ2n) is 2.83. The molecule has 0 spiro atoms. The summed E-state index contributed by atoms with van der Waals surface area (Å²) in [5, 5.41) is 0. The minimum absolute atomic E-state index is 0.102. The van der Waals surface area contributed by atoms with E-state index in [9.17, 15) is 13.2 Å². The van der Waals surface area contributed by atoms with Crippen molar-refractivity contribution in [3.63, 3.8) is 0 Å². The Hall–Kier alpha value is -1.65. The molecule has 1 aliphatic rings. The van der Waals surface area contributed by atoms with Gasteiger partial charge in [0.25, 0.3) is 0 Å². The van der Waals surface area contributed by atoms with Gasteiger partial charge in [-0.2, -0.15) is 13.2 Å². The van der Waals surface area contributed by atoms with Crippen molar-refractivity contribution in [2.24, 2.45) is 11.5 Å². The number of hydrogen-bond donors (Lipinski definition) is 2. The van der Waals surface area contributed by atoms with Crippen molar-refractivity contribution in [1.82, 2.24) is 0 Å². The molecule has 0 fully saturated rings. The average molecular weight is 202 g/mol. The highest BCUT2D eigenvalue weighted by Crippen LogP contribution is 2.32. The molecule has 0 amide bonds. The molecule has 0 radical (unpaired) electrons. The van der Waals surface area contributed by atoms with E-state index in [1.54, 1.807) is 0 Å². The molecule has 0 atom stereocenters. The van der Waals surface area contributed by atoms with Gasteiger partial charge in [0.05, 0.1) is 17.0 Å². The average Bonchev–Trinajstić information content (AvgIpc) is 2.17. The summed E-state index contributed by atoms with van der Waals surface area (Å²) in [6, 6.07) is 0. The van der Waals surface area contributed by atoms with E-state index in [0.29, 0.717) is 0 Å². The van der Waals surface area contributed by atoms with E-state index in [1.807, 2.05) is 0 Å². The lowest BCUT2D eigenvalue weighted by Crippen LogP contribution is -2.14. The van der Waals surface area contributed by atoms with Gasteiger partial charge in [-0.05, 0) is 17.7 Å². The minimum atomic E-state index is -4.46. The van der Waals surface area contributed by atoms with Gasteiger partial charge in [0, 0.05) is 0 Å². The summed E-state index contributed by atoms with van der Waals surface area (Å²) >= 11 is 0. The summed E-state index contributed by atoms with van der Waals surface area (Å²) in [5.74, 6) is 0. The lowest BCUT2D eigenvalue weighted by Gasteiger charge is -2.10. The highest BCUT2D eigenvalue weighted by atomic mass is 19.4. The van der Waals surface area contributed by atoms with E-state index in [1.165, 1.54) is 12.2 Å². The molecule has 4 N–H and O–H groups in total. The molecule has 0 aromatic carbocycles. The molecule has 5 heteroatoms. The molecular formula is C9H9F3N2. The predicted molar refractivity (Wildman–Crippen MR) is 47.8 cm³/mol. The molecule has 2 nitrogen and oxygen atoms in total. The largest absolute Gasteiger partial charge is 0.417 e.